The molecule has 2 aromatic heterocycles. The number of hydrogen-bond donors (Lipinski definition) is 1. The van der Waals surface area contributed by atoms with Crippen LogP contribution in [0.25, 0.3) is 0 Å². The monoisotopic (exact) mass is 228 g/mol. The highest BCUT2D eigenvalue weighted by molar-refractivity contribution is 5.18. The molecule has 0 aliphatic heterocycles. The molecule has 0 bridgehead atoms. The maximum Gasteiger partial charge on any atom is 0.252 e. The summed E-state index contributed by atoms with van der Waals surface area (Å²) in [6.45, 7) is 1.89. The molecule has 6 heteroatoms. The minimum atomic E-state index is -0.148. The van der Waals surface area contributed by atoms with Crippen molar-refractivity contribution >= 4 is 0 Å². The second kappa shape index (κ2) is 4.72. The van der Waals surface area contributed by atoms with Gasteiger partial charge >= 0.3 is 0 Å². The molecule has 2 N–H and O–H groups in total. The minimum absolute atomic E-state index is 0.143. The van der Waals surface area contributed by atoms with Crippen molar-refractivity contribution in [1.82, 2.24) is 19.7 Å². The first-order valence-electron chi connectivity index (χ1n) is 5.19. The van der Waals surface area contributed by atoms with Gasteiger partial charge < -0.3 is 5.73 Å². The van der Waals surface area contributed by atoms with E-state index in [1.807, 2.05) is 25.1 Å². The summed E-state index contributed by atoms with van der Waals surface area (Å²) in [7, 11) is 0. The van der Waals surface area contributed by atoms with E-state index >= 15 is 0 Å². The number of hydrogen-bond acceptors (Lipinski definition) is 5. The van der Waals surface area contributed by atoms with E-state index in [1.165, 1.54) is 6.33 Å². The normalized spacial score (nSPS) is 13.9. The lowest BCUT2D eigenvalue weighted by Crippen LogP contribution is -2.30. The van der Waals surface area contributed by atoms with E-state index < -0.39 is 0 Å². The van der Waals surface area contributed by atoms with E-state index in [4.69, 9.17) is 11.0 Å². The Morgan fingerprint density at radius 1 is 1.41 bits per heavy atom. The number of nitriles is 1. The third-order valence-corrected chi connectivity index (χ3v) is 2.44. The molecule has 2 rings (SSSR count). The Bertz CT molecular complexity index is 524. The molecule has 2 aromatic rings. The van der Waals surface area contributed by atoms with Gasteiger partial charge in [-0.1, -0.05) is 0 Å². The average molecular weight is 228 g/mol. The van der Waals surface area contributed by atoms with Crippen LogP contribution in [-0.2, 0) is 0 Å². The first kappa shape index (κ1) is 11.2. The zero-order valence-corrected chi connectivity index (χ0v) is 9.35. The molecule has 0 aliphatic carbocycles. The second-order valence-corrected chi connectivity index (χ2v) is 3.74. The number of pyridine rings is 1. The summed E-state index contributed by atoms with van der Waals surface area (Å²) >= 11 is 0. The summed E-state index contributed by atoms with van der Waals surface area (Å²) < 4.78 is 1.61. The number of nitrogens with two attached hydrogens (primary N) is 1. The van der Waals surface area contributed by atoms with Crippen LogP contribution in [0.3, 0.4) is 0 Å². The largest absolute Gasteiger partial charge is 0.326 e. The zero-order valence-electron chi connectivity index (χ0n) is 9.35. The lowest BCUT2D eigenvalue weighted by atomic mass is 10.0. The van der Waals surface area contributed by atoms with Crippen molar-refractivity contribution in [3.05, 3.63) is 42.2 Å². The van der Waals surface area contributed by atoms with Crippen LogP contribution >= 0.6 is 0 Å². The molecule has 6 nitrogen and oxygen atoms in total. The van der Waals surface area contributed by atoms with Gasteiger partial charge in [-0.05, 0) is 24.6 Å². The van der Waals surface area contributed by atoms with Gasteiger partial charge in [0.25, 0.3) is 5.82 Å². The van der Waals surface area contributed by atoms with Gasteiger partial charge in [0.1, 0.15) is 12.4 Å². The highest BCUT2D eigenvalue weighted by Crippen LogP contribution is 2.19. The highest BCUT2D eigenvalue weighted by Gasteiger charge is 2.19. The fourth-order valence-electron chi connectivity index (χ4n) is 1.72. The molecule has 0 fully saturated rings. The van der Waals surface area contributed by atoms with Gasteiger partial charge in [0.15, 0.2) is 0 Å². The average Bonchev–Trinajstić information content (AvgIpc) is 2.79. The van der Waals surface area contributed by atoms with E-state index in [-0.39, 0.29) is 17.9 Å². The van der Waals surface area contributed by atoms with Crippen molar-refractivity contribution in [3.63, 3.8) is 0 Å². The molecule has 17 heavy (non-hydrogen) atoms. The summed E-state index contributed by atoms with van der Waals surface area (Å²) in [5.41, 5.74) is 6.95. The number of aromatic nitrogens is 4. The first-order chi connectivity index (χ1) is 8.22. The van der Waals surface area contributed by atoms with Crippen LogP contribution in [0.5, 0.6) is 0 Å². The van der Waals surface area contributed by atoms with Crippen LogP contribution in [0.2, 0.25) is 0 Å². The lowest BCUT2D eigenvalue weighted by Gasteiger charge is -2.20. The van der Waals surface area contributed by atoms with Gasteiger partial charge in [-0.3, -0.25) is 4.98 Å². The Kier molecular flexibility index (Phi) is 3.12. The van der Waals surface area contributed by atoms with Crippen LogP contribution in [0.1, 0.15) is 24.4 Å². The van der Waals surface area contributed by atoms with Gasteiger partial charge in [0, 0.05) is 18.4 Å². The van der Waals surface area contributed by atoms with Crippen molar-refractivity contribution in [2.45, 2.75) is 19.0 Å². The second-order valence-electron chi connectivity index (χ2n) is 3.74. The summed E-state index contributed by atoms with van der Waals surface area (Å²) in [6.07, 6.45) is 4.92. The Morgan fingerprint density at radius 3 is 2.65 bits per heavy atom. The molecule has 0 saturated heterocycles. The third-order valence-electron chi connectivity index (χ3n) is 2.44. The fourth-order valence-corrected chi connectivity index (χ4v) is 1.72. The van der Waals surface area contributed by atoms with Gasteiger partial charge in [-0.15, -0.1) is 5.10 Å². The molecule has 2 heterocycles. The van der Waals surface area contributed by atoms with Crippen LogP contribution < -0.4 is 5.73 Å². The molecule has 0 aromatic carbocycles. The SMILES string of the molecule is CC(N)C(c1ccncc1)n1cnc(C#N)n1. The summed E-state index contributed by atoms with van der Waals surface area (Å²) in [4.78, 5) is 7.85. The van der Waals surface area contributed by atoms with E-state index in [2.05, 4.69) is 15.1 Å². The molecule has 0 spiro atoms. The van der Waals surface area contributed by atoms with Crippen molar-refractivity contribution in [2.24, 2.45) is 5.73 Å². The summed E-state index contributed by atoms with van der Waals surface area (Å²) in [5, 5.41) is 12.8. The standard InChI is InChI=1S/C11H12N6/c1-8(13)11(9-2-4-14-5-3-9)17-7-15-10(6-12)16-17/h2-5,7-8,11H,13H2,1H3. The number of rotatable bonds is 3. The Hall–Kier alpha value is -2.26. The quantitative estimate of drug-likeness (QED) is 0.824. The molecule has 0 saturated carbocycles. The van der Waals surface area contributed by atoms with Crippen molar-refractivity contribution < 1.29 is 0 Å². The molecular formula is C11H12N6. The van der Waals surface area contributed by atoms with Crippen molar-refractivity contribution in [3.8, 4) is 6.07 Å². The van der Waals surface area contributed by atoms with Gasteiger partial charge in [-0.2, -0.15) is 5.26 Å². The maximum atomic E-state index is 8.71. The van der Waals surface area contributed by atoms with E-state index in [0.717, 1.165) is 5.56 Å². The van der Waals surface area contributed by atoms with Crippen LogP contribution in [-0.4, -0.2) is 25.8 Å². The third kappa shape index (κ3) is 2.29. The molecule has 86 valence electrons. The molecule has 0 radical (unpaired) electrons. The summed E-state index contributed by atoms with van der Waals surface area (Å²) in [6, 6.07) is 5.36. The van der Waals surface area contributed by atoms with Crippen molar-refractivity contribution in [2.75, 3.05) is 0 Å². The molecule has 2 atom stereocenters. The molecular weight excluding hydrogens is 216 g/mol. The molecule has 0 amide bonds. The van der Waals surface area contributed by atoms with Crippen LogP contribution in [0.4, 0.5) is 0 Å². The molecule has 0 aliphatic rings. The smallest absolute Gasteiger partial charge is 0.252 e. The Balaban J connectivity index is 2.40. The topological polar surface area (TPSA) is 93.4 Å². The Labute approximate surface area is 98.7 Å². The predicted molar refractivity (Wildman–Crippen MR) is 60.8 cm³/mol. The van der Waals surface area contributed by atoms with Gasteiger partial charge in [0.2, 0.25) is 0 Å². The van der Waals surface area contributed by atoms with Gasteiger partial charge in [0.05, 0.1) is 6.04 Å². The first-order valence-corrected chi connectivity index (χ1v) is 5.19. The predicted octanol–water partition coefficient (Wildman–Crippen LogP) is 0.481. The number of nitrogens with zero attached hydrogens (tertiary/aromatic N) is 5. The van der Waals surface area contributed by atoms with Crippen LogP contribution in [0.15, 0.2) is 30.9 Å². The van der Waals surface area contributed by atoms with E-state index in [0.29, 0.717) is 0 Å². The highest BCUT2D eigenvalue weighted by atomic mass is 15.3. The maximum absolute atomic E-state index is 8.71. The van der Waals surface area contributed by atoms with E-state index in [9.17, 15) is 0 Å². The minimum Gasteiger partial charge on any atom is -0.326 e. The lowest BCUT2D eigenvalue weighted by molar-refractivity contribution is 0.452. The molecule has 2 unspecified atom stereocenters. The Morgan fingerprint density at radius 2 is 2.12 bits per heavy atom. The van der Waals surface area contributed by atoms with E-state index in [1.54, 1.807) is 17.1 Å². The van der Waals surface area contributed by atoms with Gasteiger partial charge in [-0.25, -0.2) is 9.67 Å². The van der Waals surface area contributed by atoms with Crippen LogP contribution in [0, 0.1) is 11.3 Å². The zero-order chi connectivity index (χ0) is 12.3. The van der Waals surface area contributed by atoms with Crippen molar-refractivity contribution in [1.29, 1.82) is 5.26 Å². The summed E-state index contributed by atoms with van der Waals surface area (Å²) in [5.74, 6) is 0.143. The fraction of sp³-hybridized carbons (Fsp3) is 0.273.